The Labute approximate surface area is 134 Å². The first-order valence-electron chi connectivity index (χ1n) is 6.32. The van der Waals surface area contributed by atoms with Crippen molar-refractivity contribution >= 4 is 40.0 Å². The van der Waals surface area contributed by atoms with E-state index in [-0.39, 0.29) is 24.0 Å². The van der Waals surface area contributed by atoms with Crippen molar-refractivity contribution in [3.63, 3.8) is 0 Å². The molecule has 0 radical (unpaired) electrons. The summed E-state index contributed by atoms with van der Waals surface area (Å²) >= 11 is 0. The average Bonchev–Trinajstić information content (AvgIpc) is 2.31. The zero-order valence-corrected chi connectivity index (χ0v) is 15.3. The molecule has 0 rings (SSSR count). The van der Waals surface area contributed by atoms with Crippen molar-refractivity contribution in [1.82, 2.24) is 15.4 Å². The first kappa shape index (κ1) is 21.2. The van der Waals surface area contributed by atoms with Gasteiger partial charge in [-0.05, 0) is 5.92 Å². The quantitative estimate of drug-likeness (QED) is 0.241. The Hall–Kier alpha value is -0.0900. The molecule has 0 atom stereocenters. The summed E-state index contributed by atoms with van der Waals surface area (Å²) in [5.41, 5.74) is 0. The lowest BCUT2D eigenvalue weighted by Crippen LogP contribution is -2.42. The fourth-order valence-corrected chi connectivity index (χ4v) is 1.93. The minimum atomic E-state index is -3.11. The van der Waals surface area contributed by atoms with Gasteiger partial charge in [0.05, 0.1) is 6.26 Å². The summed E-state index contributed by atoms with van der Waals surface area (Å²) in [7, 11) is -1.41. The van der Waals surface area contributed by atoms with Gasteiger partial charge in [-0.15, -0.1) is 24.0 Å². The molecule has 0 unspecified atom stereocenters. The summed E-state index contributed by atoms with van der Waals surface area (Å²) in [5.74, 6) is 1.34. The standard InChI is InChI=1S/C11H26N4O2S.HI/c1-5-10(6-2)9-14-11(12-3)13-7-8-15-18(4,16)17;/h10,15H,5-9H2,1-4H3,(H2,12,13,14);1H. The molecule has 0 fully saturated rings. The zero-order valence-electron chi connectivity index (χ0n) is 12.2. The van der Waals surface area contributed by atoms with Crippen LogP contribution in [0.3, 0.4) is 0 Å². The number of rotatable bonds is 8. The highest BCUT2D eigenvalue weighted by molar-refractivity contribution is 14.0. The molecule has 0 saturated heterocycles. The molecule has 19 heavy (non-hydrogen) atoms. The molecule has 0 heterocycles. The maximum absolute atomic E-state index is 10.9. The summed E-state index contributed by atoms with van der Waals surface area (Å²) < 4.78 is 24.1. The van der Waals surface area contributed by atoms with Gasteiger partial charge in [0.1, 0.15) is 0 Å². The number of hydrogen-bond acceptors (Lipinski definition) is 3. The molecule has 116 valence electrons. The van der Waals surface area contributed by atoms with Crippen LogP contribution in [0.2, 0.25) is 0 Å². The molecule has 3 N–H and O–H groups in total. The van der Waals surface area contributed by atoms with Crippen molar-refractivity contribution in [2.24, 2.45) is 10.9 Å². The monoisotopic (exact) mass is 406 g/mol. The van der Waals surface area contributed by atoms with Crippen molar-refractivity contribution in [3.05, 3.63) is 0 Å². The van der Waals surface area contributed by atoms with Crippen LogP contribution in [0.4, 0.5) is 0 Å². The maximum atomic E-state index is 10.9. The molecular weight excluding hydrogens is 379 g/mol. The van der Waals surface area contributed by atoms with Crippen LogP contribution in [0.5, 0.6) is 0 Å². The van der Waals surface area contributed by atoms with E-state index in [1.165, 1.54) is 0 Å². The lowest BCUT2D eigenvalue weighted by Gasteiger charge is -2.16. The van der Waals surface area contributed by atoms with Crippen molar-refractivity contribution in [1.29, 1.82) is 0 Å². The third kappa shape index (κ3) is 12.7. The molecule has 6 nitrogen and oxygen atoms in total. The van der Waals surface area contributed by atoms with Gasteiger partial charge in [-0.2, -0.15) is 0 Å². The van der Waals surface area contributed by atoms with Crippen molar-refractivity contribution in [3.8, 4) is 0 Å². The SMILES string of the molecule is CCC(CC)CNC(=NC)NCCNS(C)(=O)=O.I. The summed E-state index contributed by atoms with van der Waals surface area (Å²) in [6.45, 7) is 6.08. The summed E-state index contributed by atoms with van der Waals surface area (Å²) in [6.07, 6.45) is 3.42. The highest BCUT2D eigenvalue weighted by Gasteiger charge is 2.05. The van der Waals surface area contributed by atoms with Gasteiger partial charge in [0, 0.05) is 26.7 Å². The molecular formula is C11H27IN4O2S. The number of nitrogens with zero attached hydrogens (tertiary/aromatic N) is 1. The number of guanidine groups is 1. The van der Waals surface area contributed by atoms with Crippen LogP contribution in [0.15, 0.2) is 4.99 Å². The molecule has 0 amide bonds. The van der Waals surface area contributed by atoms with Gasteiger partial charge >= 0.3 is 0 Å². The molecule has 0 aliphatic heterocycles. The van der Waals surface area contributed by atoms with E-state index in [0.717, 1.165) is 25.6 Å². The normalized spacial score (nSPS) is 12.2. The van der Waals surface area contributed by atoms with Crippen molar-refractivity contribution in [2.45, 2.75) is 26.7 Å². The van der Waals surface area contributed by atoms with Crippen LogP contribution in [-0.4, -0.2) is 47.3 Å². The van der Waals surface area contributed by atoms with Crippen LogP contribution in [0, 0.1) is 5.92 Å². The van der Waals surface area contributed by atoms with E-state index in [9.17, 15) is 8.42 Å². The molecule has 0 saturated carbocycles. The van der Waals surface area contributed by atoms with Gasteiger partial charge in [0.25, 0.3) is 0 Å². The first-order valence-corrected chi connectivity index (χ1v) is 8.21. The smallest absolute Gasteiger partial charge is 0.208 e. The number of halogens is 1. The fraction of sp³-hybridized carbons (Fsp3) is 0.909. The topological polar surface area (TPSA) is 82.6 Å². The van der Waals surface area contributed by atoms with Crippen molar-refractivity contribution < 1.29 is 8.42 Å². The molecule has 0 aromatic heterocycles. The molecule has 0 bridgehead atoms. The van der Waals surface area contributed by atoms with E-state index in [0.29, 0.717) is 25.0 Å². The summed E-state index contributed by atoms with van der Waals surface area (Å²) in [6, 6.07) is 0. The first-order chi connectivity index (χ1) is 8.42. The molecule has 8 heteroatoms. The van der Waals surface area contributed by atoms with Crippen LogP contribution in [0.25, 0.3) is 0 Å². The molecule has 0 aromatic rings. The Kier molecular flexibility index (Phi) is 13.1. The lowest BCUT2D eigenvalue weighted by atomic mass is 10.0. The second kappa shape index (κ2) is 11.7. The van der Waals surface area contributed by atoms with Crippen LogP contribution in [0.1, 0.15) is 26.7 Å². The number of hydrogen-bond donors (Lipinski definition) is 3. The highest BCUT2D eigenvalue weighted by Crippen LogP contribution is 2.04. The molecule has 0 aromatic carbocycles. The second-order valence-corrected chi connectivity index (χ2v) is 6.06. The maximum Gasteiger partial charge on any atom is 0.208 e. The van der Waals surface area contributed by atoms with Gasteiger partial charge in [0.15, 0.2) is 5.96 Å². The molecule has 0 aliphatic carbocycles. The van der Waals surface area contributed by atoms with Crippen molar-refractivity contribution in [2.75, 3.05) is 32.9 Å². The Morgan fingerprint density at radius 3 is 2.16 bits per heavy atom. The summed E-state index contributed by atoms with van der Waals surface area (Å²) in [5, 5.41) is 6.29. The lowest BCUT2D eigenvalue weighted by molar-refractivity contribution is 0.481. The predicted molar refractivity (Wildman–Crippen MR) is 91.7 cm³/mol. The van der Waals surface area contributed by atoms with E-state index < -0.39 is 10.0 Å². The van der Waals surface area contributed by atoms with Crippen LogP contribution >= 0.6 is 24.0 Å². The van der Waals surface area contributed by atoms with E-state index >= 15 is 0 Å². The Morgan fingerprint density at radius 1 is 1.16 bits per heavy atom. The van der Waals surface area contributed by atoms with E-state index in [4.69, 9.17) is 0 Å². The second-order valence-electron chi connectivity index (χ2n) is 4.23. The van der Waals surface area contributed by atoms with Gasteiger partial charge < -0.3 is 10.6 Å². The van der Waals surface area contributed by atoms with Crippen LogP contribution in [-0.2, 0) is 10.0 Å². The van der Waals surface area contributed by atoms with E-state index in [2.05, 4.69) is 34.2 Å². The van der Waals surface area contributed by atoms with Crippen LogP contribution < -0.4 is 15.4 Å². The zero-order chi connectivity index (χ0) is 14.0. The third-order valence-corrected chi connectivity index (χ3v) is 3.45. The fourth-order valence-electron chi connectivity index (χ4n) is 1.46. The predicted octanol–water partition coefficient (Wildman–Crippen LogP) is 0.755. The summed E-state index contributed by atoms with van der Waals surface area (Å²) in [4.78, 5) is 4.08. The minimum Gasteiger partial charge on any atom is -0.356 e. The van der Waals surface area contributed by atoms with Gasteiger partial charge in [-0.1, -0.05) is 26.7 Å². The van der Waals surface area contributed by atoms with Gasteiger partial charge in [0.2, 0.25) is 10.0 Å². The molecule has 0 aliphatic rings. The average molecular weight is 406 g/mol. The Balaban J connectivity index is 0. The number of aliphatic imine (C=N–C) groups is 1. The van der Waals surface area contributed by atoms with Gasteiger partial charge in [-0.3, -0.25) is 4.99 Å². The highest BCUT2D eigenvalue weighted by atomic mass is 127. The van der Waals surface area contributed by atoms with E-state index in [1.807, 2.05) is 0 Å². The van der Waals surface area contributed by atoms with Gasteiger partial charge in [-0.25, -0.2) is 13.1 Å². The Bertz CT molecular complexity index is 343. The Morgan fingerprint density at radius 2 is 1.74 bits per heavy atom. The third-order valence-electron chi connectivity index (χ3n) is 2.72. The van der Waals surface area contributed by atoms with E-state index in [1.54, 1.807) is 7.05 Å². The molecule has 0 spiro atoms. The number of sulfonamides is 1. The minimum absolute atomic E-state index is 0. The largest absolute Gasteiger partial charge is 0.356 e. The number of nitrogens with one attached hydrogen (secondary N) is 3.